The molecule has 0 saturated heterocycles. The van der Waals surface area contributed by atoms with E-state index >= 15 is 0 Å². The van der Waals surface area contributed by atoms with Gasteiger partial charge in [0.1, 0.15) is 0 Å². The molecule has 2 aromatic carbocycles. The van der Waals surface area contributed by atoms with Crippen LogP contribution >= 0.6 is 24.8 Å². The molecule has 0 amide bonds. The Morgan fingerprint density at radius 3 is 1.53 bits per heavy atom. The summed E-state index contributed by atoms with van der Waals surface area (Å²) in [6.45, 7) is 14.9. The molecule has 2 fully saturated rings. The highest BCUT2D eigenvalue weighted by molar-refractivity contribution is 7.84. The second-order valence-corrected chi connectivity index (χ2v) is 16.0. The number of nitrogens with two attached hydrogens (primary N) is 1. The summed E-state index contributed by atoms with van der Waals surface area (Å²) in [5.41, 5.74) is 10.5. The van der Waals surface area contributed by atoms with E-state index in [2.05, 4.69) is 18.6 Å². The van der Waals surface area contributed by atoms with Crippen LogP contribution in [0, 0.1) is 10.8 Å². The minimum Gasteiger partial charge on any atom is -0.462 e. The summed E-state index contributed by atoms with van der Waals surface area (Å²) < 4.78 is 25.6. The number of ether oxygens (including phenoxy) is 2. The van der Waals surface area contributed by atoms with E-state index in [9.17, 15) is 13.8 Å². The van der Waals surface area contributed by atoms with Crippen LogP contribution in [0.4, 0.5) is 0 Å². The zero-order valence-corrected chi connectivity index (χ0v) is 31.1. The van der Waals surface area contributed by atoms with Crippen LogP contribution in [0.2, 0.25) is 0 Å². The molecule has 0 unspecified atom stereocenters. The van der Waals surface area contributed by atoms with Crippen LogP contribution in [0.5, 0.6) is 0 Å². The summed E-state index contributed by atoms with van der Waals surface area (Å²) in [5.74, 6) is -0.574. The van der Waals surface area contributed by atoms with Crippen molar-refractivity contribution in [1.82, 2.24) is 4.72 Å². The molecule has 7 nitrogen and oxygen atoms in total. The Labute approximate surface area is 299 Å². The van der Waals surface area contributed by atoms with Gasteiger partial charge in [-0.15, -0.1) is 24.8 Å². The van der Waals surface area contributed by atoms with Gasteiger partial charge in [-0.2, -0.15) is 0 Å². The second-order valence-electron chi connectivity index (χ2n) is 14.0. The lowest BCUT2D eigenvalue weighted by Crippen LogP contribution is -2.36. The molecule has 0 aromatic heterocycles. The number of esters is 2. The largest absolute Gasteiger partial charge is 0.462 e. The van der Waals surface area contributed by atoms with E-state index in [1.165, 1.54) is 32.1 Å². The smallest absolute Gasteiger partial charge is 0.338 e. The van der Waals surface area contributed by atoms with Crippen molar-refractivity contribution in [2.24, 2.45) is 16.6 Å². The summed E-state index contributed by atoms with van der Waals surface area (Å²) >= 11 is 0. The molecule has 0 aliphatic heterocycles. The Morgan fingerprint density at radius 2 is 1.17 bits per heavy atom. The van der Waals surface area contributed by atoms with E-state index in [-0.39, 0.29) is 61.0 Å². The van der Waals surface area contributed by atoms with Crippen molar-refractivity contribution in [3.05, 3.63) is 70.8 Å². The average molecular weight is 716 g/mol. The van der Waals surface area contributed by atoms with Gasteiger partial charge in [-0.25, -0.2) is 18.5 Å². The molecule has 0 bridgehead atoms. The highest BCUT2D eigenvalue weighted by atomic mass is 35.5. The molecule has 3 N–H and O–H groups in total. The molecule has 47 heavy (non-hydrogen) atoms. The van der Waals surface area contributed by atoms with Gasteiger partial charge in [-0.1, -0.05) is 45.5 Å². The van der Waals surface area contributed by atoms with Crippen molar-refractivity contribution < 1.29 is 23.3 Å². The molecular formula is C37H60Cl2N2O5S. The normalized spacial score (nSPS) is 17.0. The molecule has 0 radical (unpaired) electrons. The van der Waals surface area contributed by atoms with Crippen molar-refractivity contribution in [2.45, 2.75) is 124 Å². The monoisotopic (exact) mass is 714 g/mol. The summed E-state index contributed by atoms with van der Waals surface area (Å²) in [5, 5.41) is 0. The van der Waals surface area contributed by atoms with Gasteiger partial charge in [0.25, 0.3) is 0 Å². The van der Waals surface area contributed by atoms with E-state index in [0.29, 0.717) is 35.2 Å². The van der Waals surface area contributed by atoms with Crippen LogP contribution in [-0.2, 0) is 20.5 Å². The van der Waals surface area contributed by atoms with Crippen LogP contribution in [0.1, 0.15) is 151 Å². The number of rotatable bonds is 14. The first-order valence-corrected chi connectivity index (χ1v) is 17.3. The Kier molecular flexibility index (Phi) is 19.1. The fourth-order valence-electron chi connectivity index (χ4n) is 4.84. The molecule has 10 heteroatoms. The van der Waals surface area contributed by atoms with E-state index in [4.69, 9.17) is 15.2 Å². The number of nitrogens with one attached hydrogen (secondary N) is 1. The van der Waals surface area contributed by atoms with Gasteiger partial charge in [-0.05, 0) is 132 Å². The first kappa shape index (κ1) is 45.0. The third-order valence-corrected chi connectivity index (χ3v) is 10.4. The summed E-state index contributed by atoms with van der Waals surface area (Å²) in [6, 6.07) is 15.0. The number of halogens is 2. The maximum Gasteiger partial charge on any atom is 0.338 e. The Hall–Kier alpha value is -1.97. The Bertz CT molecular complexity index is 1260. The van der Waals surface area contributed by atoms with Gasteiger partial charge in [0, 0.05) is 12.1 Å². The summed E-state index contributed by atoms with van der Waals surface area (Å²) in [4.78, 5) is 23.4. The zero-order chi connectivity index (χ0) is 32.5. The standard InChI is InChI=1S/C20H31NO3S.C16H23NO2.CH4.2ClH/c1-6-24-18(22)16-9-7-15(8-10-16)17(11-12-20(5)13-14-20)21-25(23)19(2,3)4;1-3-19-15(18)13-6-4-12(5-7-13)14(17)8-9-16(2)10-11-16;;;/h7-10,17,21H,6,11-14H2,1-5H3;4-7,14H,3,8-11,17H2,1-2H3;1H4;2*1H/t17-,25-;14-;;;/m11.../s1. The quantitative estimate of drug-likeness (QED) is 0.189. The third kappa shape index (κ3) is 15.0. The predicted octanol–water partition coefficient (Wildman–Crippen LogP) is 9.46. The van der Waals surface area contributed by atoms with Gasteiger partial charge >= 0.3 is 11.9 Å². The number of carbonyl (C=O) groups excluding carboxylic acids is 2. The molecule has 3 atom stereocenters. The van der Waals surface area contributed by atoms with Gasteiger partial charge in [0.2, 0.25) is 0 Å². The van der Waals surface area contributed by atoms with Crippen molar-refractivity contribution in [2.75, 3.05) is 13.2 Å². The minimum atomic E-state index is -1.13. The SMILES string of the molecule is C.CCOC(=O)c1ccc([C@@H](CCC2(C)CC2)N[S@](=O)C(C)(C)C)cc1.CCOC(=O)c1ccc([C@H](N)CCC2(C)CC2)cc1.Cl.Cl. The number of hydrogen-bond acceptors (Lipinski definition) is 6. The number of carbonyl (C=O) groups is 2. The molecular weight excluding hydrogens is 655 g/mol. The lowest BCUT2D eigenvalue weighted by Gasteiger charge is -2.25. The highest BCUT2D eigenvalue weighted by Gasteiger charge is 2.38. The molecule has 2 aromatic rings. The van der Waals surface area contributed by atoms with Crippen LogP contribution in [0.15, 0.2) is 48.5 Å². The summed E-state index contributed by atoms with van der Waals surface area (Å²) in [7, 11) is -1.13. The predicted molar refractivity (Wildman–Crippen MR) is 200 cm³/mol. The minimum absolute atomic E-state index is 0. The van der Waals surface area contributed by atoms with Crippen molar-refractivity contribution in [3.8, 4) is 0 Å². The Morgan fingerprint density at radius 1 is 0.787 bits per heavy atom. The van der Waals surface area contributed by atoms with E-state index < -0.39 is 11.0 Å². The topological polar surface area (TPSA) is 108 Å². The number of benzene rings is 2. The number of hydrogen-bond donors (Lipinski definition) is 2. The first-order valence-electron chi connectivity index (χ1n) is 16.2. The zero-order valence-electron chi connectivity index (χ0n) is 28.7. The van der Waals surface area contributed by atoms with Crippen LogP contribution < -0.4 is 10.5 Å². The average Bonchev–Trinajstić information content (AvgIpc) is 3.92. The van der Waals surface area contributed by atoms with Crippen LogP contribution in [-0.4, -0.2) is 34.1 Å². The molecule has 0 heterocycles. The maximum absolute atomic E-state index is 12.6. The Balaban J connectivity index is 0.000000872. The molecule has 0 spiro atoms. The van der Waals surface area contributed by atoms with Gasteiger partial charge in [0.15, 0.2) is 0 Å². The van der Waals surface area contributed by atoms with Crippen molar-refractivity contribution >= 4 is 47.7 Å². The van der Waals surface area contributed by atoms with Gasteiger partial charge in [0.05, 0.1) is 40.1 Å². The second kappa shape index (κ2) is 19.9. The molecule has 2 saturated carbocycles. The van der Waals surface area contributed by atoms with Crippen molar-refractivity contribution in [3.63, 3.8) is 0 Å². The van der Waals surface area contributed by atoms with Gasteiger partial charge in [-0.3, -0.25) is 0 Å². The molecule has 2 aliphatic rings. The van der Waals surface area contributed by atoms with Crippen LogP contribution in [0.3, 0.4) is 0 Å². The third-order valence-electron chi connectivity index (χ3n) is 8.78. The molecule has 268 valence electrons. The maximum atomic E-state index is 12.6. The first-order chi connectivity index (χ1) is 20.7. The van der Waals surface area contributed by atoms with E-state index in [1.54, 1.807) is 38.1 Å². The summed E-state index contributed by atoms with van der Waals surface area (Å²) in [6.07, 6.45) is 9.49. The van der Waals surface area contributed by atoms with Crippen molar-refractivity contribution in [1.29, 1.82) is 0 Å². The van der Waals surface area contributed by atoms with Crippen LogP contribution in [0.25, 0.3) is 0 Å². The van der Waals surface area contributed by atoms with E-state index in [1.807, 2.05) is 45.0 Å². The molecule has 4 rings (SSSR count). The molecule has 2 aliphatic carbocycles. The lowest BCUT2D eigenvalue weighted by atomic mass is 9.95. The lowest BCUT2D eigenvalue weighted by molar-refractivity contribution is 0.0516. The fraction of sp³-hybridized carbons (Fsp3) is 0.622. The van der Waals surface area contributed by atoms with E-state index in [0.717, 1.165) is 30.4 Å². The highest BCUT2D eigenvalue weighted by Crippen LogP contribution is 2.50. The fourth-order valence-corrected chi connectivity index (χ4v) is 5.70. The van der Waals surface area contributed by atoms with Gasteiger partial charge < -0.3 is 15.2 Å².